The Kier molecular flexibility index (Phi) is 4.34. The number of nitrogens with one attached hydrogen (secondary N) is 1. The molecule has 1 aliphatic rings. The number of rotatable bonds is 5. The molecule has 1 aliphatic heterocycles. The molecule has 2 aromatic carbocycles. The van der Waals surface area contributed by atoms with Crippen molar-refractivity contribution in [1.82, 2.24) is 10.2 Å². The number of likely N-dealkylation sites (tertiary alicyclic amines) is 1. The molecule has 0 aliphatic carbocycles. The van der Waals surface area contributed by atoms with Gasteiger partial charge in [-0.15, -0.1) is 0 Å². The summed E-state index contributed by atoms with van der Waals surface area (Å²) < 4.78 is 0. The van der Waals surface area contributed by atoms with Crippen LogP contribution in [0.4, 0.5) is 0 Å². The zero-order chi connectivity index (χ0) is 13.8. The molecule has 2 nitrogen and oxygen atoms in total. The van der Waals surface area contributed by atoms with Gasteiger partial charge in [-0.1, -0.05) is 42.5 Å². The van der Waals surface area contributed by atoms with Crippen LogP contribution < -0.4 is 5.32 Å². The molecule has 3 rings (SSSR count). The molecule has 2 heteroatoms. The fourth-order valence-corrected chi connectivity index (χ4v) is 3.15. The molecular formula is C18H24N2. The van der Waals surface area contributed by atoms with Crippen molar-refractivity contribution < 1.29 is 0 Å². The predicted octanol–water partition coefficient (Wildman–Crippen LogP) is 3.41. The van der Waals surface area contributed by atoms with E-state index in [0.29, 0.717) is 6.04 Å². The number of hydrogen-bond donors (Lipinski definition) is 1. The molecule has 1 saturated heterocycles. The first-order valence-corrected chi connectivity index (χ1v) is 7.75. The van der Waals surface area contributed by atoms with E-state index in [-0.39, 0.29) is 0 Å². The fraction of sp³-hybridized carbons (Fsp3) is 0.444. The second kappa shape index (κ2) is 6.38. The normalized spacial score (nSPS) is 17.6. The lowest BCUT2D eigenvalue weighted by Crippen LogP contribution is -2.37. The van der Waals surface area contributed by atoms with Crippen LogP contribution in [0, 0.1) is 0 Å². The minimum atomic E-state index is 0.548. The van der Waals surface area contributed by atoms with Crippen LogP contribution in [-0.4, -0.2) is 30.6 Å². The van der Waals surface area contributed by atoms with E-state index < -0.39 is 0 Å². The molecule has 1 heterocycles. The van der Waals surface area contributed by atoms with E-state index in [1.807, 2.05) is 0 Å². The van der Waals surface area contributed by atoms with Gasteiger partial charge in [0.15, 0.2) is 0 Å². The smallest absolute Gasteiger partial charge is 0.0214 e. The molecule has 20 heavy (non-hydrogen) atoms. The molecule has 1 N–H and O–H groups in total. The molecule has 1 atom stereocenters. The average Bonchev–Trinajstić information content (AvgIpc) is 2.98. The van der Waals surface area contributed by atoms with Gasteiger partial charge in [-0.05, 0) is 49.2 Å². The van der Waals surface area contributed by atoms with Gasteiger partial charge in [0.05, 0.1) is 0 Å². The second-order valence-corrected chi connectivity index (χ2v) is 5.93. The second-order valence-electron chi connectivity index (χ2n) is 5.93. The molecule has 106 valence electrons. The van der Waals surface area contributed by atoms with Crippen LogP contribution in [-0.2, 0) is 6.54 Å². The first-order valence-electron chi connectivity index (χ1n) is 7.75. The van der Waals surface area contributed by atoms with Gasteiger partial charge in [0, 0.05) is 19.1 Å². The Labute approximate surface area is 121 Å². The largest absolute Gasteiger partial charge is 0.309 e. The monoisotopic (exact) mass is 268 g/mol. The van der Waals surface area contributed by atoms with E-state index in [1.54, 1.807) is 0 Å². The summed E-state index contributed by atoms with van der Waals surface area (Å²) in [7, 11) is 0. The Morgan fingerprint density at radius 1 is 1.05 bits per heavy atom. The highest BCUT2D eigenvalue weighted by molar-refractivity contribution is 5.85. The molecule has 0 aromatic heterocycles. The van der Waals surface area contributed by atoms with Crippen molar-refractivity contribution in [2.75, 3.05) is 19.6 Å². The van der Waals surface area contributed by atoms with E-state index in [1.165, 1.54) is 48.8 Å². The third kappa shape index (κ3) is 3.20. The molecular weight excluding hydrogens is 244 g/mol. The minimum absolute atomic E-state index is 0.548. The zero-order valence-electron chi connectivity index (χ0n) is 12.3. The van der Waals surface area contributed by atoms with Crippen molar-refractivity contribution >= 4 is 10.8 Å². The average molecular weight is 268 g/mol. The van der Waals surface area contributed by atoms with Crippen LogP contribution in [0.1, 0.15) is 25.3 Å². The molecule has 0 bridgehead atoms. The van der Waals surface area contributed by atoms with Gasteiger partial charge in [0.25, 0.3) is 0 Å². The molecule has 0 amide bonds. The number of fused-ring (bicyclic) bond motifs is 1. The molecule has 2 aromatic rings. The van der Waals surface area contributed by atoms with E-state index in [9.17, 15) is 0 Å². The maximum absolute atomic E-state index is 3.68. The number of benzene rings is 2. The van der Waals surface area contributed by atoms with Crippen molar-refractivity contribution in [1.29, 1.82) is 0 Å². The molecule has 0 spiro atoms. The summed E-state index contributed by atoms with van der Waals surface area (Å²) in [6, 6.07) is 15.8. The SMILES string of the molecule is CC(CN1CCCC1)NCc1cccc2ccccc12. The Balaban J connectivity index is 1.61. The highest BCUT2D eigenvalue weighted by Crippen LogP contribution is 2.18. The standard InChI is InChI=1S/C18H24N2/c1-15(14-20-11-4-5-12-20)19-13-17-9-6-8-16-7-2-3-10-18(16)17/h2-3,6-10,15,19H,4-5,11-14H2,1H3. The topological polar surface area (TPSA) is 15.3 Å². The minimum Gasteiger partial charge on any atom is -0.309 e. The van der Waals surface area contributed by atoms with Crippen LogP contribution in [0.2, 0.25) is 0 Å². The third-order valence-electron chi connectivity index (χ3n) is 4.25. The lowest BCUT2D eigenvalue weighted by atomic mass is 10.0. The van der Waals surface area contributed by atoms with Gasteiger partial charge in [-0.25, -0.2) is 0 Å². The third-order valence-corrected chi connectivity index (χ3v) is 4.25. The maximum Gasteiger partial charge on any atom is 0.0214 e. The quantitative estimate of drug-likeness (QED) is 0.894. The molecule has 0 saturated carbocycles. The van der Waals surface area contributed by atoms with E-state index in [2.05, 4.69) is 59.6 Å². The van der Waals surface area contributed by atoms with Crippen LogP contribution in [0.5, 0.6) is 0 Å². The Morgan fingerprint density at radius 2 is 1.80 bits per heavy atom. The van der Waals surface area contributed by atoms with Crippen LogP contribution in [0.15, 0.2) is 42.5 Å². The summed E-state index contributed by atoms with van der Waals surface area (Å²) in [4.78, 5) is 2.57. The fourth-order valence-electron chi connectivity index (χ4n) is 3.15. The van der Waals surface area contributed by atoms with Crippen molar-refractivity contribution in [3.8, 4) is 0 Å². The lowest BCUT2D eigenvalue weighted by Gasteiger charge is -2.21. The first-order chi connectivity index (χ1) is 9.83. The Bertz CT molecular complexity index is 553. The molecule has 0 radical (unpaired) electrons. The summed E-state index contributed by atoms with van der Waals surface area (Å²) in [6.07, 6.45) is 2.74. The summed E-state index contributed by atoms with van der Waals surface area (Å²) in [5.41, 5.74) is 1.40. The molecule has 1 unspecified atom stereocenters. The van der Waals surface area contributed by atoms with E-state index >= 15 is 0 Å². The summed E-state index contributed by atoms with van der Waals surface area (Å²) in [6.45, 7) is 6.98. The highest BCUT2D eigenvalue weighted by atomic mass is 15.2. The van der Waals surface area contributed by atoms with Crippen molar-refractivity contribution in [2.24, 2.45) is 0 Å². The van der Waals surface area contributed by atoms with Crippen LogP contribution >= 0.6 is 0 Å². The Hall–Kier alpha value is -1.38. The van der Waals surface area contributed by atoms with Gasteiger partial charge in [0.1, 0.15) is 0 Å². The zero-order valence-corrected chi connectivity index (χ0v) is 12.3. The number of hydrogen-bond acceptors (Lipinski definition) is 2. The van der Waals surface area contributed by atoms with Crippen LogP contribution in [0.25, 0.3) is 10.8 Å². The summed E-state index contributed by atoms with van der Waals surface area (Å²) in [5.74, 6) is 0. The first kappa shape index (κ1) is 13.6. The van der Waals surface area contributed by atoms with Gasteiger partial charge in [-0.3, -0.25) is 0 Å². The van der Waals surface area contributed by atoms with E-state index in [0.717, 1.165) is 6.54 Å². The highest BCUT2D eigenvalue weighted by Gasteiger charge is 2.14. The van der Waals surface area contributed by atoms with Crippen molar-refractivity contribution in [3.63, 3.8) is 0 Å². The van der Waals surface area contributed by atoms with Gasteiger partial charge < -0.3 is 10.2 Å². The van der Waals surface area contributed by atoms with Crippen LogP contribution in [0.3, 0.4) is 0 Å². The molecule has 1 fully saturated rings. The summed E-state index contributed by atoms with van der Waals surface area (Å²) >= 11 is 0. The predicted molar refractivity (Wildman–Crippen MR) is 85.9 cm³/mol. The number of nitrogens with zero attached hydrogens (tertiary/aromatic N) is 1. The van der Waals surface area contributed by atoms with Gasteiger partial charge in [-0.2, -0.15) is 0 Å². The van der Waals surface area contributed by atoms with E-state index in [4.69, 9.17) is 0 Å². The summed E-state index contributed by atoms with van der Waals surface area (Å²) in [5, 5.41) is 6.38. The van der Waals surface area contributed by atoms with Gasteiger partial charge >= 0.3 is 0 Å². The Morgan fingerprint density at radius 3 is 2.65 bits per heavy atom. The van der Waals surface area contributed by atoms with Crippen molar-refractivity contribution in [2.45, 2.75) is 32.4 Å². The lowest BCUT2D eigenvalue weighted by molar-refractivity contribution is 0.298. The van der Waals surface area contributed by atoms with Gasteiger partial charge in [0.2, 0.25) is 0 Å². The van der Waals surface area contributed by atoms with Crippen molar-refractivity contribution in [3.05, 3.63) is 48.0 Å². The maximum atomic E-state index is 3.68.